The van der Waals surface area contributed by atoms with Crippen molar-refractivity contribution in [1.82, 2.24) is 9.13 Å². The molecule has 0 atom stereocenters. The maximum atomic E-state index is 11.1. The van der Waals surface area contributed by atoms with Crippen LogP contribution in [0.25, 0.3) is 0 Å². The molecule has 0 bridgehead atoms. The first-order chi connectivity index (χ1) is 11.0. The van der Waals surface area contributed by atoms with Gasteiger partial charge in [0.05, 0.1) is 23.1 Å². The molecule has 2 heterocycles. The van der Waals surface area contributed by atoms with Gasteiger partial charge in [-0.25, -0.2) is 0 Å². The third kappa shape index (κ3) is 8.36. The minimum Gasteiger partial charge on any atom is -0.545 e. The third-order valence-electron chi connectivity index (χ3n) is 3.11. The molecule has 0 radical (unpaired) electrons. The van der Waals surface area contributed by atoms with E-state index in [4.69, 9.17) is 0 Å². The van der Waals surface area contributed by atoms with E-state index in [1.807, 2.05) is 0 Å². The Morgan fingerprint density at radius 3 is 1.21 bits per heavy atom. The van der Waals surface area contributed by atoms with Crippen molar-refractivity contribution in [1.29, 1.82) is 0 Å². The molecule has 0 unspecified atom stereocenters. The molecule has 2 rings (SSSR count). The van der Waals surface area contributed by atoms with Crippen LogP contribution >= 0.6 is 0 Å². The number of nitrogens with zero attached hydrogens (tertiary/aromatic N) is 2. The number of hydrogen-bond donors (Lipinski definition) is 0. The summed E-state index contributed by atoms with van der Waals surface area (Å²) in [6.45, 7) is 3.13. The number of pyridine rings is 2. The van der Waals surface area contributed by atoms with Crippen LogP contribution in [0.2, 0.25) is 0 Å². The molecule has 7 N–H and O–H groups in total. The van der Waals surface area contributed by atoms with Crippen molar-refractivity contribution in [3.63, 3.8) is 0 Å². The minimum absolute atomic E-state index is 0. The Kier molecular flexibility index (Phi) is 15.9. The van der Waals surface area contributed by atoms with E-state index < -0.39 is 22.8 Å². The predicted octanol–water partition coefficient (Wildman–Crippen LogP) is -4.46. The van der Waals surface area contributed by atoms with E-state index in [-0.39, 0.29) is 47.0 Å². The second kappa shape index (κ2) is 13.5. The Morgan fingerprint density at radius 2 is 1.00 bits per heavy atom. The molecule has 2 aromatic heterocycles. The third-order valence-corrected chi connectivity index (χ3v) is 3.11. The summed E-state index contributed by atoms with van der Waals surface area (Å²) in [7, 11) is 3.30. The summed E-state index contributed by atoms with van der Waals surface area (Å²) in [4.78, 5) is 43.1. The number of rotatable bonds is 2. The molecule has 152 valence electrons. The van der Waals surface area contributed by atoms with Crippen molar-refractivity contribution >= 4 is 11.9 Å². The van der Waals surface area contributed by atoms with Crippen LogP contribution < -0.4 is 21.1 Å². The van der Waals surface area contributed by atoms with Gasteiger partial charge in [-0.2, -0.15) is 0 Å². The Morgan fingerprint density at radius 1 is 0.750 bits per heavy atom. The van der Waals surface area contributed by atoms with Gasteiger partial charge in [0.25, 0.3) is 0 Å². The number of aryl methyl sites for hydroxylation is 4. The smallest absolute Gasteiger partial charge is 0.545 e. The van der Waals surface area contributed by atoms with Gasteiger partial charge >= 0.3 is 19.5 Å². The second-order valence-corrected chi connectivity index (χ2v) is 5.27. The average Bonchev–Trinajstić information content (AvgIpc) is 2.46. The van der Waals surface area contributed by atoms with Gasteiger partial charge in [0.1, 0.15) is 0 Å². The van der Waals surface area contributed by atoms with Crippen LogP contribution in [0.3, 0.4) is 0 Å². The Bertz CT molecular complexity index is 844. The van der Waals surface area contributed by atoms with Gasteiger partial charge in [0, 0.05) is 50.0 Å². The van der Waals surface area contributed by atoms with Gasteiger partial charge in [-0.15, -0.1) is 0 Å². The molecular weight excluding hydrogens is 430 g/mol. The summed E-state index contributed by atoms with van der Waals surface area (Å²) in [6, 6.07) is 0. The van der Waals surface area contributed by atoms with Gasteiger partial charge in [-0.3, -0.25) is 9.59 Å². The fraction of sp³-hybridized carbons (Fsp3) is 0.250. The molecule has 2 aromatic rings. The number of carboxylic acids is 2. The number of carbonyl (C=O) groups is 2. The Balaban J connectivity index is -0.000000180. The van der Waals surface area contributed by atoms with Gasteiger partial charge in [0.15, 0.2) is 10.9 Å². The van der Waals surface area contributed by atoms with Gasteiger partial charge < -0.3 is 45.4 Å². The molecule has 0 aromatic carbocycles. The summed E-state index contributed by atoms with van der Waals surface area (Å²) in [6.07, 6.45) is 5.61. The molecule has 28 heavy (non-hydrogen) atoms. The van der Waals surface area contributed by atoms with Crippen molar-refractivity contribution in [2.24, 2.45) is 14.1 Å². The number of aromatic nitrogens is 2. The standard InChI is InChI=1S/2C8H9NO3.3H2O.Zn/c2*1-5-3-9(2)4-6(7(5)10)8(11)12;;;;/h2*3-4H,1-2H3,(H,11,12);3*1H2;/q;;;;;+2/p-1. The number of carboxylic acid groups (broad SMARTS) is 2. The van der Waals surface area contributed by atoms with Gasteiger partial charge in [-0.05, 0) is 13.8 Å². The molecule has 0 spiro atoms. The largest absolute Gasteiger partial charge is 2.00 e. The van der Waals surface area contributed by atoms with E-state index in [1.165, 1.54) is 21.5 Å². The first-order valence-electron chi connectivity index (χ1n) is 6.81. The molecule has 0 amide bonds. The Labute approximate surface area is 172 Å². The Hall–Kier alpha value is -2.66. The molecule has 12 heteroatoms. The van der Waals surface area contributed by atoms with E-state index in [1.54, 1.807) is 40.3 Å². The van der Waals surface area contributed by atoms with Crippen LogP contribution in [0.15, 0.2) is 34.4 Å². The van der Waals surface area contributed by atoms with E-state index >= 15 is 0 Å². The quantitative estimate of drug-likeness (QED) is 0.322. The normalized spacial score (nSPS) is 8.43. The van der Waals surface area contributed by atoms with Crippen molar-refractivity contribution in [3.05, 3.63) is 67.5 Å². The number of hydrogen-bond acceptors (Lipinski definition) is 6. The topological polar surface area (TPSA) is 220 Å². The summed E-state index contributed by atoms with van der Waals surface area (Å²) < 4.78 is 3.03. The fourth-order valence-electron chi connectivity index (χ4n) is 2.04. The van der Waals surface area contributed by atoms with Gasteiger partial charge in [-0.1, -0.05) is 0 Å². The number of carbonyl (C=O) groups excluding carboxylic acids is 2. The van der Waals surface area contributed by atoms with Crippen LogP contribution in [0, 0.1) is 13.8 Å². The fourth-order valence-corrected chi connectivity index (χ4v) is 2.04. The van der Waals surface area contributed by atoms with E-state index in [0.29, 0.717) is 11.1 Å². The van der Waals surface area contributed by atoms with Crippen LogP contribution in [0.1, 0.15) is 31.8 Å². The van der Waals surface area contributed by atoms with E-state index in [0.717, 1.165) is 0 Å². The van der Waals surface area contributed by atoms with Crippen molar-refractivity contribution in [3.8, 4) is 0 Å². The molecule has 11 nitrogen and oxygen atoms in total. The second-order valence-electron chi connectivity index (χ2n) is 5.27. The molecule has 0 saturated carbocycles. The molecule has 0 aliphatic carbocycles. The van der Waals surface area contributed by atoms with Crippen molar-refractivity contribution < 1.29 is 55.7 Å². The van der Waals surface area contributed by atoms with E-state index in [9.17, 15) is 29.4 Å². The first kappa shape index (κ1) is 33.0. The maximum Gasteiger partial charge on any atom is 2.00 e. The average molecular weight is 453 g/mol. The van der Waals surface area contributed by atoms with Gasteiger partial charge in [0.2, 0.25) is 0 Å². The van der Waals surface area contributed by atoms with E-state index in [2.05, 4.69) is 0 Å². The SMILES string of the molecule is Cc1cn(C)cc(C(=O)[O-])c1=O.Cc1cn(C)cc(C(=O)[O-])c1=O.O.O.[OH3+].[Zn+2]. The summed E-state index contributed by atoms with van der Waals surface area (Å²) in [5, 5.41) is 20.8. The van der Waals surface area contributed by atoms with Crippen LogP contribution in [-0.4, -0.2) is 32.0 Å². The molecule has 0 fully saturated rings. The molecule has 0 aliphatic rings. The first-order valence-corrected chi connectivity index (χ1v) is 6.81. The zero-order valence-electron chi connectivity index (χ0n) is 15.9. The van der Waals surface area contributed by atoms with Crippen molar-refractivity contribution in [2.45, 2.75) is 13.8 Å². The summed E-state index contributed by atoms with van der Waals surface area (Å²) >= 11 is 0. The monoisotopic (exact) mass is 451 g/mol. The van der Waals surface area contributed by atoms with Crippen LogP contribution in [-0.2, 0) is 39.0 Å². The maximum absolute atomic E-state index is 11.1. The van der Waals surface area contributed by atoms with Crippen LogP contribution in [0.5, 0.6) is 0 Å². The minimum atomic E-state index is -1.43. The summed E-state index contributed by atoms with van der Waals surface area (Å²) in [5.41, 5.74) is -0.741. The molecule has 0 saturated heterocycles. The molecular formula is C16H23N2O9Zn+. The predicted molar refractivity (Wildman–Crippen MR) is 93.6 cm³/mol. The zero-order chi connectivity index (χ0) is 18.6. The molecule has 0 aliphatic heterocycles. The number of aromatic carboxylic acids is 2. The zero-order valence-corrected chi connectivity index (χ0v) is 18.9. The van der Waals surface area contributed by atoms with Crippen molar-refractivity contribution in [2.75, 3.05) is 0 Å². The van der Waals surface area contributed by atoms with Crippen LogP contribution in [0.4, 0.5) is 0 Å². The summed E-state index contributed by atoms with van der Waals surface area (Å²) in [5.74, 6) is -2.86.